The van der Waals surface area contributed by atoms with Crippen molar-refractivity contribution in [3.8, 4) is 11.5 Å². The van der Waals surface area contributed by atoms with Crippen LogP contribution in [0.4, 0.5) is 0 Å². The number of unbranched alkanes of at least 4 members (excludes halogenated alkanes) is 21. The van der Waals surface area contributed by atoms with Gasteiger partial charge in [-0.2, -0.15) is 0 Å². The first-order chi connectivity index (χ1) is 33.5. The molecule has 8 heteroatoms. The van der Waals surface area contributed by atoms with Gasteiger partial charge in [0, 0.05) is 44.9 Å². The summed E-state index contributed by atoms with van der Waals surface area (Å²) < 4.78 is 29.3. The Morgan fingerprint density at radius 3 is 1.28 bits per heavy atom. The molecule has 69 heavy (non-hydrogen) atoms. The van der Waals surface area contributed by atoms with Gasteiger partial charge in [0.15, 0.2) is 5.82 Å². The second-order valence-electron chi connectivity index (χ2n) is 22.6. The van der Waals surface area contributed by atoms with E-state index in [1.807, 2.05) is 12.5 Å². The fraction of sp³-hybridized carbons (Fsp3) is 0.705. The average molecular weight is 953 g/mol. The van der Waals surface area contributed by atoms with Gasteiger partial charge in [0.05, 0.1) is 45.0 Å². The van der Waals surface area contributed by atoms with Crippen LogP contribution >= 0.6 is 0 Å². The number of aromatic nitrogens is 4. The smallest absolute Gasteiger partial charge is 0.160 e. The Morgan fingerprint density at radius 1 is 0.464 bits per heavy atom. The van der Waals surface area contributed by atoms with Crippen LogP contribution < -0.4 is 0 Å². The van der Waals surface area contributed by atoms with E-state index < -0.39 is 0 Å². The van der Waals surface area contributed by atoms with Crippen molar-refractivity contribution < 1.29 is 18.9 Å². The molecule has 0 spiro atoms. The quantitative estimate of drug-likeness (QED) is 0.0412. The molecule has 2 aromatic carbocycles. The Morgan fingerprint density at radius 2 is 0.855 bits per heavy atom. The molecule has 2 unspecified atom stereocenters. The minimum absolute atomic E-state index is 0.141. The molecule has 0 N–H and O–H groups in total. The van der Waals surface area contributed by atoms with Crippen LogP contribution in [0.1, 0.15) is 213 Å². The van der Waals surface area contributed by atoms with Crippen molar-refractivity contribution >= 4 is 0 Å². The zero-order valence-electron chi connectivity index (χ0n) is 45.0. The minimum atomic E-state index is 0.141. The van der Waals surface area contributed by atoms with E-state index in [9.17, 15) is 0 Å². The van der Waals surface area contributed by atoms with Gasteiger partial charge in [0.2, 0.25) is 0 Å². The summed E-state index contributed by atoms with van der Waals surface area (Å²) in [5, 5.41) is 0. The third kappa shape index (κ3) is 29.6. The largest absolute Gasteiger partial charge is 0.379 e. The lowest BCUT2D eigenvalue weighted by molar-refractivity contribution is -0.0430. The van der Waals surface area contributed by atoms with Crippen molar-refractivity contribution in [1.82, 2.24) is 19.1 Å². The van der Waals surface area contributed by atoms with Gasteiger partial charge in [-0.3, -0.25) is 0 Å². The molecule has 0 aliphatic rings. The Kier molecular flexibility index (Phi) is 30.2. The number of imidazole rings is 2. The first kappa shape index (κ1) is 58.3. The average Bonchev–Trinajstić information content (AvgIpc) is 4.00. The van der Waals surface area contributed by atoms with Crippen LogP contribution in [0.2, 0.25) is 0 Å². The molecular formula is C61H100N4O4. The first-order valence-electron chi connectivity index (χ1n) is 28.0. The molecule has 2 atom stereocenters. The summed E-state index contributed by atoms with van der Waals surface area (Å²) in [5.41, 5.74) is 3.90. The minimum Gasteiger partial charge on any atom is -0.379 e. The van der Waals surface area contributed by atoms with E-state index in [0.717, 1.165) is 63.5 Å². The predicted octanol–water partition coefficient (Wildman–Crippen LogP) is 16.8. The van der Waals surface area contributed by atoms with Gasteiger partial charge in [-0.1, -0.05) is 224 Å². The molecule has 0 saturated heterocycles. The van der Waals surface area contributed by atoms with Crippen LogP contribution in [0.3, 0.4) is 0 Å². The van der Waals surface area contributed by atoms with E-state index in [2.05, 4.69) is 129 Å². The predicted molar refractivity (Wildman–Crippen MR) is 289 cm³/mol. The highest BCUT2D eigenvalue weighted by atomic mass is 16.5. The summed E-state index contributed by atoms with van der Waals surface area (Å²) >= 11 is 0. The molecule has 2 heterocycles. The fourth-order valence-electron chi connectivity index (χ4n) is 9.37. The zero-order valence-corrected chi connectivity index (χ0v) is 45.0. The molecule has 0 bridgehead atoms. The van der Waals surface area contributed by atoms with E-state index in [4.69, 9.17) is 23.9 Å². The molecule has 4 rings (SSSR count). The van der Waals surface area contributed by atoms with Gasteiger partial charge in [0.1, 0.15) is 5.69 Å². The summed E-state index contributed by atoms with van der Waals surface area (Å²) in [7, 11) is 0. The lowest BCUT2D eigenvalue weighted by Gasteiger charge is -2.26. The number of nitrogens with zero attached hydrogens (tertiary/aromatic N) is 4. The third-order valence-corrected chi connectivity index (χ3v) is 13.2. The number of hydrogen-bond acceptors (Lipinski definition) is 6. The van der Waals surface area contributed by atoms with Crippen molar-refractivity contribution in [2.24, 2.45) is 10.8 Å². The SMILES string of the molecule is CC(C)(C)CC(COCCCCCCCCCCCCCCn1ccnc1-c1cn(CCCCCCCCCCCCCOCC(CC(C)(C)C)OCc2ccccc2)cn1)OCc1ccccc1. The zero-order chi connectivity index (χ0) is 49.1. The highest BCUT2D eigenvalue weighted by Crippen LogP contribution is 2.25. The van der Waals surface area contributed by atoms with E-state index in [-0.39, 0.29) is 23.0 Å². The van der Waals surface area contributed by atoms with Crippen molar-refractivity contribution in [2.45, 2.75) is 241 Å². The number of ether oxygens (including phenoxy) is 4. The molecule has 2 aromatic heterocycles. The lowest BCUT2D eigenvalue weighted by Crippen LogP contribution is -2.26. The van der Waals surface area contributed by atoms with Crippen LogP contribution in [0.25, 0.3) is 11.5 Å². The molecule has 0 fully saturated rings. The van der Waals surface area contributed by atoms with Crippen molar-refractivity contribution in [2.75, 3.05) is 26.4 Å². The molecule has 8 nitrogen and oxygen atoms in total. The van der Waals surface area contributed by atoms with E-state index in [1.165, 1.54) is 146 Å². The molecule has 0 aliphatic carbocycles. The van der Waals surface area contributed by atoms with Crippen LogP contribution in [-0.2, 0) is 45.3 Å². The topological polar surface area (TPSA) is 72.6 Å². The molecule has 388 valence electrons. The summed E-state index contributed by atoms with van der Waals surface area (Å²) in [6, 6.07) is 20.9. The molecule has 4 aromatic rings. The fourth-order valence-corrected chi connectivity index (χ4v) is 9.37. The Hall–Kier alpha value is -3.30. The van der Waals surface area contributed by atoms with Gasteiger partial charge in [-0.25, -0.2) is 9.97 Å². The maximum absolute atomic E-state index is 6.27. The molecule has 0 saturated carbocycles. The molecular weight excluding hydrogens is 853 g/mol. The van der Waals surface area contributed by atoms with Crippen LogP contribution in [0.15, 0.2) is 85.6 Å². The van der Waals surface area contributed by atoms with Crippen molar-refractivity contribution in [3.05, 3.63) is 96.7 Å². The van der Waals surface area contributed by atoms with Gasteiger partial charge >= 0.3 is 0 Å². The standard InChI is InChI=1S/C61H100N4O4/c1-60(2,3)46-56(68-49-54-36-28-26-29-37-54)51-66-44-34-24-20-16-12-8-7-11-15-19-23-33-42-65-43-40-62-59(65)58-48-64(53-63-58)41-32-22-18-14-10-9-13-17-21-25-35-45-67-52-57(47-61(4,5)6)69-50-55-38-30-27-31-39-55/h26-31,36-40,43,48,53,56-57H,7-25,32-35,41-42,44-47,49-52H2,1-6H3. The van der Waals surface area contributed by atoms with Crippen molar-refractivity contribution in [1.29, 1.82) is 0 Å². The highest BCUT2D eigenvalue weighted by molar-refractivity contribution is 5.48. The summed E-state index contributed by atoms with van der Waals surface area (Å²) in [6.07, 6.45) is 40.7. The number of aryl methyl sites for hydroxylation is 2. The number of hydrogen-bond donors (Lipinski definition) is 0. The normalized spacial score (nSPS) is 13.1. The lowest BCUT2D eigenvalue weighted by atomic mass is 9.89. The van der Waals surface area contributed by atoms with E-state index in [0.29, 0.717) is 26.4 Å². The first-order valence-corrected chi connectivity index (χ1v) is 28.0. The Bertz CT molecular complexity index is 1780. The van der Waals surface area contributed by atoms with Gasteiger partial charge in [-0.15, -0.1) is 0 Å². The Labute approximate surface area is 422 Å². The van der Waals surface area contributed by atoms with Gasteiger partial charge < -0.3 is 28.1 Å². The highest BCUT2D eigenvalue weighted by Gasteiger charge is 2.21. The molecule has 0 radical (unpaired) electrons. The van der Waals surface area contributed by atoms with E-state index in [1.54, 1.807) is 0 Å². The monoisotopic (exact) mass is 953 g/mol. The summed E-state index contributed by atoms with van der Waals surface area (Å²) in [4.78, 5) is 9.44. The van der Waals surface area contributed by atoms with Gasteiger partial charge in [-0.05, 0) is 60.5 Å². The number of benzene rings is 2. The Balaban J connectivity index is 0.897. The van der Waals surface area contributed by atoms with Crippen LogP contribution in [0, 0.1) is 10.8 Å². The summed E-state index contributed by atoms with van der Waals surface area (Å²) in [6.45, 7) is 20.1. The van der Waals surface area contributed by atoms with E-state index >= 15 is 0 Å². The third-order valence-electron chi connectivity index (χ3n) is 13.2. The maximum Gasteiger partial charge on any atom is 0.160 e. The molecule has 0 aliphatic heterocycles. The molecule has 0 amide bonds. The van der Waals surface area contributed by atoms with Crippen molar-refractivity contribution in [3.63, 3.8) is 0 Å². The second kappa shape index (κ2) is 35.7. The van der Waals surface area contributed by atoms with Gasteiger partial charge in [0.25, 0.3) is 0 Å². The van der Waals surface area contributed by atoms with Crippen LogP contribution in [0.5, 0.6) is 0 Å². The summed E-state index contributed by atoms with van der Waals surface area (Å²) in [5.74, 6) is 1.01. The maximum atomic E-state index is 6.27. The second-order valence-corrected chi connectivity index (χ2v) is 22.6. The van der Waals surface area contributed by atoms with Crippen LogP contribution in [-0.4, -0.2) is 57.7 Å². The number of rotatable bonds is 42.